The number of rotatable bonds is 5. The Labute approximate surface area is 102 Å². The Balaban J connectivity index is 2.56. The number of nitrogens with one attached hydrogen (secondary N) is 1. The second kappa shape index (κ2) is 5.68. The van der Waals surface area contributed by atoms with E-state index in [1.807, 2.05) is 13.8 Å². The minimum absolute atomic E-state index is 0.106. The second-order valence-electron chi connectivity index (χ2n) is 4.95. The van der Waals surface area contributed by atoms with E-state index in [1.54, 1.807) is 24.3 Å². The van der Waals surface area contributed by atoms with E-state index in [9.17, 15) is 4.79 Å². The Hall–Kier alpha value is -1.55. The molecule has 1 aromatic carbocycles. The molecule has 4 heteroatoms. The topological polar surface area (TPSA) is 75.3 Å². The third kappa shape index (κ3) is 4.44. The lowest BCUT2D eigenvalue weighted by molar-refractivity contribution is 0.0928. The van der Waals surface area contributed by atoms with E-state index >= 15 is 0 Å². The van der Waals surface area contributed by atoms with E-state index < -0.39 is 0 Å². The van der Waals surface area contributed by atoms with E-state index in [-0.39, 0.29) is 17.9 Å². The van der Waals surface area contributed by atoms with Crippen molar-refractivity contribution in [2.45, 2.75) is 20.3 Å². The molecule has 0 saturated carbocycles. The largest absolute Gasteiger partial charge is 0.399 e. The number of carbonyl (C=O) groups excluding carboxylic acids is 1. The summed E-state index contributed by atoms with van der Waals surface area (Å²) in [5, 5.41) is 11.7. The van der Waals surface area contributed by atoms with Crippen molar-refractivity contribution in [3.8, 4) is 0 Å². The van der Waals surface area contributed by atoms with Gasteiger partial charge in [0.25, 0.3) is 5.91 Å². The van der Waals surface area contributed by atoms with Crippen LogP contribution in [0.5, 0.6) is 0 Å². The van der Waals surface area contributed by atoms with Crippen molar-refractivity contribution in [3.05, 3.63) is 29.8 Å². The molecule has 0 saturated heterocycles. The van der Waals surface area contributed by atoms with Crippen LogP contribution in [-0.2, 0) is 0 Å². The maximum Gasteiger partial charge on any atom is 0.251 e. The van der Waals surface area contributed by atoms with Crippen LogP contribution in [0.15, 0.2) is 24.3 Å². The van der Waals surface area contributed by atoms with Crippen LogP contribution in [0.25, 0.3) is 0 Å². The molecule has 0 aliphatic heterocycles. The summed E-state index contributed by atoms with van der Waals surface area (Å²) in [5.41, 5.74) is 6.64. The smallest absolute Gasteiger partial charge is 0.251 e. The first-order chi connectivity index (χ1) is 7.94. The highest BCUT2D eigenvalue weighted by atomic mass is 16.3. The van der Waals surface area contributed by atoms with Crippen LogP contribution in [0.3, 0.4) is 0 Å². The summed E-state index contributed by atoms with van der Waals surface area (Å²) in [7, 11) is 0. The maximum absolute atomic E-state index is 11.8. The van der Waals surface area contributed by atoms with Gasteiger partial charge in [-0.15, -0.1) is 0 Å². The van der Waals surface area contributed by atoms with Gasteiger partial charge in [-0.05, 0) is 30.0 Å². The van der Waals surface area contributed by atoms with Crippen LogP contribution < -0.4 is 11.1 Å². The summed E-state index contributed by atoms with van der Waals surface area (Å²) in [4.78, 5) is 11.8. The van der Waals surface area contributed by atoms with Crippen molar-refractivity contribution in [1.82, 2.24) is 5.32 Å². The van der Waals surface area contributed by atoms with Crippen LogP contribution in [0, 0.1) is 5.41 Å². The monoisotopic (exact) mass is 236 g/mol. The molecule has 4 nitrogen and oxygen atoms in total. The lowest BCUT2D eigenvalue weighted by atomic mass is 9.89. The van der Waals surface area contributed by atoms with Crippen LogP contribution in [0.1, 0.15) is 30.6 Å². The molecule has 0 aliphatic rings. The third-order valence-corrected chi connectivity index (χ3v) is 2.66. The third-order valence-electron chi connectivity index (χ3n) is 2.66. The van der Waals surface area contributed by atoms with Gasteiger partial charge in [0.1, 0.15) is 0 Å². The first-order valence-electron chi connectivity index (χ1n) is 5.69. The van der Waals surface area contributed by atoms with Gasteiger partial charge in [-0.3, -0.25) is 4.79 Å². The summed E-state index contributed by atoms with van der Waals surface area (Å²) in [5.74, 6) is -0.136. The summed E-state index contributed by atoms with van der Waals surface area (Å²) in [6.45, 7) is 4.66. The molecule has 1 aromatic rings. The molecule has 0 aromatic heterocycles. The fraction of sp³-hybridized carbons (Fsp3) is 0.462. The fourth-order valence-electron chi connectivity index (χ4n) is 1.49. The first-order valence-corrected chi connectivity index (χ1v) is 5.69. The molecule has 0 fully saturated rings. The summed E-state index contributed by atoms with van der Waals surface area (Å²) < 4.78 is 0. The Kier molecular flexibility index (Phi) is 4.52. The molecule has 0 spiro atoms. The SMILES string of the molecule is CC(C)(CCO)CNC(=O)c1cccc(N)c1. The van der Waals surface area contributed by atoms with Crippen LogP contribution in [0.4, 0.5) is 5.69 Å². The molecule has 1 amide bonds. The van der Waals surface area contributed by atoms with Gasteiger partial charge < -0.3 is 16.2 Å². The van der Waals surface area contributed by atoms with E-state index in [2.05, 4.69) is 5.32 Å². The van der Waals surface area contributed by atoms with Crippen LogP contribution >= 0.6 is 0 Å². The highest BCUT2D eigenvalue weighted by Crippen LogP contribution is 2.18. The van der Waals surface area contributed by atoms with E-state index in [0.29, 0.717) is 24.2 Å². The maximum atomic E-state index is 11.8. The minimum atomic E-state index is -0.136. The predicted octanol–water partition coefficient (Wildman–Crippen LogP) is 1.41. The average Bonchev–Trinajstić information content (AvgIpc) is 2.26. The lowest BCUT2D eigenvalue weighted by Gasteiger charge is -2.23. The second-order valence-corrected chi connectivity index (χ2v) is 4.95. The molecule has 0 unspecified atom stereocenters. The number of nitrogens with two attached hydrogens (primary N) is 1. The standard InChI is InChI=1S/C13H20N2O2/c1-13(2,6-7-16)9-15-12(17)10-4-3-5-11(14)8-10/h3-5,8,16H,6-7,9,14H2,1-2H3,(H,15,17). The summed E-state index contributed by atoms with van der Waals surface area (Å²) >= 11 is 0. The Morgan fingerprint density at radius 3 is 2.76 bits per heavy atom. The molecule has 0 radical (unpaired) electrons. The van der Waals surface area contributed by atoms with Gasteiger partial charge in [0, 0.05) is 24.4 Å². The van der Waals surface area contributed by atoms with E-state index in [4.69, 9.17) is 10.8 Å². The number of anilines is 1. The summed E-state index contributed by atoms with van der Waals surface area (Å²) in [6.07, 6.45) is 0.657. The number of hydrogen-bond donors (Lipinski definition) is 3. The first kappa shape index (κ1) is 13.5. The van der Waals surface area contributed by atoms with Gasteiger partial charge >= 0.3 is 0 Å². The normalized spacial score (nSPS) is 11.2. The van der Waals surface area contributed by atoms with Crippen molar-refractivity contribution in [2.75, 3.05) is 18.9 Å². The lowest BCUT2D eigenvalue weighted by Crippen LogP contribution is -2.34. The van der Waals surface area contributed by atoms with Gasteiger partial charge in [0.15, 0.2) is 0 Å². The van der Waals surface area contributed by atoms with Crippen molar-refractivity contribution < 1.29 is 9.90 Å². The van der Waals surface area contributed by atoms with Gasteiger partial charge in [0.05, 0.1) is 0 Å². The van der Waals surface area contributed by atoms with Crippen molar-refractivity contribution in [1.29, 1.82) is 0 Å². The van der Waals surface area contributed by atoms with Crippen LogP contribution in [0.2, 0.25) is 0 Å². The number of nitrogen functional groups attached to an aromatic ring is 1. The molecular formula is C13H20N2O2. The molecule has 1 rings (SSSR count). The van der Waals surface area contributed by atoms with Crippen LogP contribution in [-0.4, -0.2) is 24.2 Å². The molecule has 0 bridgehead atoms. The van der Waals surface area contributed by atoms with Gasteiger partial charge in [-0.25, -0.2) is 0 Å². The fourth-order valence-corrected chi connectivity index (χ4v) is 1.49. The van der Waals surface area contributed by atoms with E-state index in [0.717, 1.165) is 0 Å². The summed E-state index contributed by atoms with van der Waals surface area (Å²) in [6, 6.07) is 6.87. The number of aliphatic hydroxyl groups excluding tert-OH is 1. The zero-order valence-electron chi connectivity index (χ0n) is 10.4. The quantitative estimate of drug-likeness (QED) is 0.676. The highest BCUT2D eigenvalue weighted by Gasteiger charge is 2.18. The minimum Gasteiger partial charge on any atom is -0.399 e. The molecule has 17 heavy (non-hydrogen) atoms. The zero-order valence-corrected chi connectivity index (χ0v) is 10.4. The number of amides is 1. The number of benzene rings is 1. The Morgan fingerprint density at radius 2 is 2.18 bits per heavy atom. The molecular weight excluding hydrogens is 216 g/mol. The van der Waals surface area contributed by atoms with Gasteiger partial charge in [-0.2, -0.15) is 0 Å². The van der Waals surface area contributed by atoms with Crippen molar-refractivity contribution in [2.24, 2.45) is 5.41 Å². The molecule has 0 atom stereocenters. The number of aliphatic hydroxyl groups is 1. The molecule has 94 valence electrons. The number of hydrogen-bond acceptors (Lipinski definition) is 3. The molecule has 4 N–H and O–H groups in total. The van der Waals surface area contributed by atoms with Gasteiger partial charge in [0.2, 0.25) is 0 Å². The van der Waals surface area contributed by atoms with Crippen molar-refractivity contribution >= 4 is 11.6 Å². The molecule has 0 aliphatic carbocycles. The molecule has 0 heterocycles. The van der Waals surface area contributed by atoms with Gasteiger partial charge in [-0.1, -0.05) is 19.9 Å². The zero-order chi connectivity index (χ0) is 12.9. The highest BCUT2D eigenvalue weighted by molar-refractivity contribution is 5.94. The van der Waals surface area contributed by atoms with Crippen molar-refractivity contribution in [3.63, 3.8) is 0 Å². The van der Waals surface area contributed by atoms with E-state index in [1.165, 1.54) is 0 Å². The average molecular weight is 236 g/mol. The Morgan fingerprint density at radius 1 is 1.47 bits per heavy atom. The Bertz CT molecular complexity index is 389. The number of carbonyl (C=O) groups is 1. The predicted molar refractivity (Wildman–Crippen MR) is 68.7 cm³/mol.